The number of aryl methyl sites for hydroxylation is 1. The molecule has 0 unspecified atom stereocenters. The van der Waals surface area contributed by atoms with Crippen LogP contribution in [0.2, 0.25) is 0 Å². The van der Waals surface area contributed by atoms with Gasteiger partial charge in [0.05, 0.1) is 11.0 Å². The van der Waals surface area contributed by atoms with Gasteiger partial charge in [-0.1, -0.05) is 153 Å². The second-order valence-corrected chi connectivity index (χ2v) is 14.1. The first-order chi connectivity index (χ1) is 26.3. The molecule has 0 saturated carbocycles. The normalized spacial score (nSPS) is 11.9. The fourth-order valence-corrected chi connectivity index (χ4v) is 9.00. The zero-order valence-electron chi connectivity index (χ0n) is 29.3. The number of para-hydroxylation sites is 2. The largest absolute Gasteiger partial charge is 0.296 e. The Morgan fingerprint density at radius 3 is 1.64 bits per heavy atom. The number of hydrogen-bond donors (Lipinski definition) is 0. The number of imidazole rings is 1. The molecule has 2 heteroatoms. The minimum atomic E-state index is 0.870. The molecule has 0 bridgehead atoms. The lowest BCUT2D eigenvalue weighted by Gasteiger charge is -2.18. The predicted octanol–water partition coefficient (Wildman–Crippen LogP) is 13.8. The average Bonchev–Trinajstić information content (AvgIpc) is 3.61. The molecule has 53 heavy (non-hydrogen) atoms. The lowest BCUT2D eigenvalue weighted by Crippen LogP contribution is -1.99. The summed E-state index contributed by atoms with van der Waals surface area (Å²) in [5.41, 5.74) is 8.25. The van der Waals surface area contributed by atoms with Crippen LogP contribution in [0.5, 0.6) is 0 Å². The van der Waals surface area contributed by atoms with Gasteiger partial charge in [-0.2, -0.15) is 0 Å². The third-order valence-electron chi connectivity index (χ3n) is 11.3. The molecule has 0 fully saturated rings. The van der Waals surface area contributed by atoms with Crippen LogP contribution in [0.25, 0.3) is 104 Å². The number of hydrogen-bond acceptors (Lipinski definition) is 1. The molecule has 0 atom stereocenters. The van der Waals surface area contributed by atoms with Crippen LogP contribution >= 0.6 is 0 Å². The number of rotatable bonds is 4. The Balaban J connectivity index is 1.15. The second-order valence-electron chi connectivity index (χ2n) is 14.1. The van der Waals surface area contributed by atoms with Gasteiger partial charge in [-0.3, -0.25) is 4.57 Å². The number of fused-ring (bicyclic) bond motifs is 7. The summed E-state index contributed by atoms with van der Waals surface area (Å²) in [5.74, 6) is 1.07. The summed E-state index contributed by atoms with van der Waals surface area (Å²) >= 11 is 0. The molecule has 0 amide bonds. The van der Waals surface area contributed by atoms with E-state index in [1.807, 2.05) is 0 Å². The van der Waals surface area contributed by atoms with Gasteiger partial charge in [-0.25, -0.2) is 4.98 Å². The molecular formula is C51H34N2. The summed E-state index contributed by atoms with van der Waals surface area (Å²) < 4.78 is 2.29. The molecule has 0 radical (unpaired) electrons. The van der Waals surface area contributed by atoms with E-state index in [2.05, 4.69) is 187 Å². The monoisotopic (exact) mass is 674 g/mol. The molecule has 11 aromatic rings. The van der Waals surface area contributed by atoms with Crippen molar-refractivity contribution in [1.82, 2.24) is 9.55 Å². The Bertz CT molecular complexity index is 3260. The van der Waals surface area contributed by atoms with E-state index >= 15 is 0 Å². The van der Waals surface area contributed by atoms with Gasteiger partial charge in [0.15, 0.2) is 0 Å². The van der Waals surface area contributed by atoms with Crippen molar-refractivity contribution in [2.75, 3.05) is 0 Å². The van der Waals surface area contributed by atoms with Crippen molar-refractivity contribution in [3.05, 3.63) is 182 Å². The van der Waals surface area contributed by atoms with E-state index in [0.717, 1.165) is 29.0 Å². The molecule has 0 saturated heterocycles. The van der Waals surface area contributed by atoms with Crippen LogP contribution in [-0.2, 0) is 6.42 Å². The molecule has 0 aliphatic rings. The van der Waals surface area contributed by atoms with Crippen molar-refractivity contribution in [3.63, 3.8) is 0 Å². The van der Waals surface area contributed by atoms with E-state index in [0.29, 0.717) is 0 Å². The molecule has 0 N–H and O–H groups in total. The maximum Gasteiger partial charge on any atom is 0.114 e. The lowest BCUT2D eigenvalue weighted by atomic mass is 9.85. The number of benzene rings is 9. The summed E-state index contributed by atoms with van der Waals surface area (Å²) in [7, 11) is 0. The van der Waals surface area contributed by atoms with Crippen LogP contribution in [-0.4, -0.2) is 9.55 Å². The molecule has 10 aromatic carbocycles. The smallest absolute Gasteiger partial charge is 0.114 e. The van der Waals surface area contributed by atoms with Crippen LogP contribution < -0.4 is 0 Å². The molecule has 1 aromatic heterocycles. The highest BCUT2D eigenvalue weighted by Gasteiger charge is 2.18. The van der Waals surface area contributed by atoms with Gasteiger partial charge < -0.3 is 0 Å². The standard InChI is InChI=1S/C51H34N2/c1-2-49-52-47-23-9-10-24-48(47)53(49)34-27-25-32(26-28-34)35-29-30-42(37-15-4-3-14-36(35)37)46-31-33-13-11-20-43-40-18-7-5-16-38(40)39-17-6-8-19-41(39)44-21-12-22-45(46)51(44)50(33)43/h3-31H,2H2,1H3. The fraction of sp³-hybridized carbons (Fsp3) is 0.0392. The number of aromatic nitrogens is 2. The Hall–Kier alpha value is -6.77. The average molecular weight is 675 g/mol. The van der Waals surface area contributed by atoms with Crippen LogP contribution in [0.4, 0.5) is 0 Å². The van der Waals surface area contributed by atoms with Gasteiger partial charge in [0, 0.05) is 12.1 Å². The lowest BCUT2D eigenvalue weighted by molar-refractivity contribution is 0.908. The van der Waals surface area contributed by atoms with Crippen LogP contribution in [0.1, 0.15) is 12.7 Å². The minimum Gasteiger partial charge on any atom is -0.296 e. The fourth-order valence-electron chi connectivity index (χ4n) is 9.00. The zero-order chi connectivity index (χ0) is 35.0. The Labute approximate surface area is 307 Å². The van der Waals surface area contributed by atoms with Crippen LogP contribution in [0.3, 0.4) is 0 Å². The third-order valence-corrected chi connectivity index (χ3v) is 11.3. The molecular weight excluding hydrogens is 641 g/mol. The van der Waals surface area contributed by atoms with Crippen molar-refractivity contribution >= 4 is 75.7 Å². The van der Waals surface area contributed by atoms with E-state index < -0.39 is 0 Å². The van der Waals surface area contributed by atoms with Crippen molar-refractivity contribution < 1.29 is 0 Å². The summed E-state index contributed by atoms with van der Waals surface area (Å²) in [4.78, 5) is 4.92. The van der Waals surface area contributed by atoms with E-state index in [4.69, 9.17) is 4.98 Å². The topological polar surface area (TPSA) is 17.8 Å². The van der Waals surface area contributed by atoms with Gasteiger partial charge in [-0.15, -0.1) is 0 Å². The highest BCUT2D eigenvalue weighted by Crippen LogP contribution is 2.45. The zero-order valence-corrected chi connectivity index (χ0v) is 29.3. The van der Waals surface area contributed by atoms with Crippen LogP contribution in [0, 0.1) is 0 Å². The molecule has 0 aliphatic carbocycles. The molecule has 11 rings (SSSR count). The van der Waals surface area contributed by atoms with E-state index in [1.165, 1.54) is 86.9 Å². The summed E-state index contributed by atoms with van der Waals surface area (Å²) in [5, 5.41) is 15.4. The van der Waals surface area contributed by atoms with Gasteiger partial charge in [0.1, 0.15) is 5.82 Å². The third kappa shape index (κ3) is 4.42. The van der Waals surface area contributed by atoms with Crippen molar-refractivity contribution in [2.24, 2.45) is 0 Å². The summed E-state index contributed by atoms with van der Waals surface area (Å²) in [6, 6.07) is 64.9. The molecule has 1 heterocycles. The van der Waals surface area contributed by atoms with E-state index in [9.17, 15) is 0 Å². The first-order valence-electron chi connectivity index (χ1n) is 18.5. The van der Waals surface area contributed by atoms with Gasteiger partial charge >= 0.3 is 0 Å². The summed E-state index contributed by atoms with van der Waals surface area (Å²) in [6.07, 6.45) is 0.870. The minimum absolute atomic E-state index is 0.870. The Kier molecular flexibility index (Phi) is 6.56. The molecule has 0 spiro atoms. The first-order valence-corrected chi connectivity index (χ1v) is 18.5. The highest BCUT2D eigenvalue weighted by atomic mass is 15.1. The van der Waals surface area contributed by atoms with Crippen molar-refractivity contribution in [1.29, 1.82) is 0 Å². The molecule has 0 aliphatic heterocycles. The second kappa shape index (κ2) is 11.6. The quantitative estimate of drug-likeness (QED) is 0.170. The summed E-state index contributed by atoms with van der Waals surface area (Å²) in [6.45, 7) is 2.17. The van der Waals surface area contributed by atoms with Gasteiger partial charge in [-0.05, 0) is 117 Å². The van der Waals surface area contributed by atoms with Crippen molar-refractivity contribution in [2.45, 2.75) is 13.3 Å². The van der Waals surface area contributed by atoms with E-state index in [-0.39, 0.29) is 0 Å². The highest BCUT2D eigenvalue weighted by molar-refractivity contribution is 6.34. The molecule has 248 valence electrons. The van der Waals surface area contributed by atoms with Gasteiger partial charge in [0.25, 0.3) is 0 Å². The van der Waals surface area contributed by atoms with Crippen molar-refractivity contribution in [3.8, 4) is 27.9 Å². The Morgan fingerprint density at radius 2 is 0.943 bits per heavy atom. The maximum atomic E-state index is 4.92. The SMILES string of the molecule is CCc1nc2ccccc2n1-c1ccc(-c2ccc(-c3cc4cccc5c6ccccc6c6ccccc6c6cccc3c6c45)c3ccccc23)cc1. The number of nitrogens with zero attached hydrogens (tertiary/aromatic N) is 2. The first kappa shape index (κ1) is 29.9. The van der Waals surface area contributed by atoms with E-state index in [1.54, 1.807) is 0 Å². The van der Waals surface area contributed by atoms with Gasteiger partial charge in [0.2, 0.25) is 0 Å². The predicted molar refractivity (Wildman–Crippen MR) is 226 cm³/mol. The molecule has 2 nitrogen and oxygen atoms in total. The Morgan fingerprint density at radius 1 is 0.415 bits per heavy atom. The maximum absolute atomic E-state index is 4.92. The van der Waals surface area contributed by atoms with Crippen LogP contribution in [0.15, 0.2) is 176 Å².